The summed E-state index contributed by atoms with van der Waals surface area (Å²) >= 11 is 0. The SMILES string of the molecule is CCC(=O)O.CCCCCCCC(=O)NC(C)C(=O)O. The van der Waals surface area contributed by atoms with Gasteiger partial charge in [-0.25, -0.2) is 0 Å². The third kappa shape index (κ3) is 16.4. The second kappa shape index (κ2) is 13.8. The second-order valence-corrected chi connectivity index (χ2v) is 4.54. The summed E-state index contributed by atoms with van der Waals surface area (Å²) in [6, 6.07) is -0.784. The number of hydrogen-bond donors (Lipinski definition) is 3. The van der Waals surface area contributed by atoms with Crippen LogP contribution in [0.2, 0.25) is 0 Å². The maximum atomic E-state index is 11.2. The summed E-state index contributed by atoms with van der Waals surface area (Å²) in [6.07, 6.45) is 6.08. The van der Waals surface area contributed by atoms with Crippen molar-refractivity contribution in [1.29, 1.82) is 0 Å². The van der Waals surface area contributed by atoms with Crippen molar-refractivity contribution in [2.75, 3.05) is 0 Å². The zero-order valence-electron chi connectivity index (χ0n) is 12.6. The quantitative estimate of drug-likeness (QED) is 0.565. The fourth-order valence-electron chi connectivity index (χ4n) is 1.26. The van der Waals surface area contributed by atoms with Gasteiger partial charge >= 0.3 is 11.9 Å². The molecule has 0 aliphatic rings. The van der Waals surface area contributed by atoms with Gasteiger partial charge in [-0.1, -0.05) is 39.5 Å². The summed E-state index contributed by atoms with van der Waals surface area (Å²) in [5.41, 5.74) is 0. The van der Waals surface area contributed by atoms with E-state index in [0.717, 1.165) is 19.3 Å². The molecule has 0 bridgehead atoms. The minimum atomic E-state index is -0.991. The number of carbonyl (C=O) groups excluding carboxylic acids is 1. The Kier molecular flexibility index (Phi) is 14.3. The number of unbranched alkanes of at least 4 members (excludes halogenated alkanes) is 4. The van der Waals surface area contributed by atoms with E-state index in [-0.39, 0.29) is 12.3 Å². The number of nitrogens with one attached hydrogen (secondary N) is 1. The van der Waals surface area contributed by atoms with Crippen LogP contribution in [0, 0.1) is 0 Å². The molecule has 0 aromatic rings. The summed E-state index contributed by atoms with van der Waals surface area (Å²) in [7, 11) is 0. The summed E-state index contributed by atoms with van der Waals surface area (Å²) in [5.74, 6) is -1.90. The first-order valence-electron chi connectivity index (χ1n) is 7.09. The third-order valence-electron chi connectivity index (χ3n) is 2.56. The van der Waals surface area contributed by atoms with Crippen molar-refractivity contribution in [3.05, 3.63) is 0 Å². The molecule has 0 aliphatic carbocycles. The van der Waals surface area contributed by atoms with Crippen LogP contribution in [0.15, 0.2) is 0 Å². The van der Waals surface area contributed by atoms with Crippen LogP contribution in [0.4, 0.5) is 0 Å². The smallest absolute Gasteiger partial charge is 0.325 e. The largest absolute Gasteiger partial charge is 0.481 e. The lowest BCUT2D eigenvalue weighted by atomic mass is 10.1. The molecular weight excluding hydrogens is 262 g/mol. The highest BCUT2D eigenvalue weighted by molar-refractivity contribution is 5.83. The van der Waals surface area contributed by atoms with Crippen LogP contribution in [0.3, 0.4) is 0 Å². The molecule has 1 unspecified atom stereocenters. The molecule has 0 aromatic carbocycles. The van der Waals surface area contributed by atoms with Gasteiger partial charge in [-0.3, -0.25) is 14.4 Å². The Hall–Kier alpha value is -1.59. The lowest BCUT2D eigenvalue weighted by molar-refractivity contribution is -0.141. The van der Waals surface area contributed by atoms with Gasteiger partial charge in [0.2, 0.25) is 5.91 Å². The number of rotatable bonds is 9. The molecule has 6 nitrogen and oxygen atoms in total. The van der Waals surface area contributed by atoms with E-state index >= 15 is 0 Å². The van der Waals surface area contributed by atoms with Gasteiger partial charge < -0.3 is 15.5 Å². The van der Waals surface area contributed by atoms with Crippen molar-refractivity contribution in [2.24, 2.45) is 0 Å². The van der Waals surface area contributed by atoms with Gasteiger partial charge in [-0.2, -0.15) is 0 Å². The summed E-state index contributed by atoms with van der Waals surface area (Å²) in [5, 5.41) is 18.7. The standard InChI is InChI=1S/C11H21NO3.C3H6O2/c1-3-4-5-6-7-8-10(13)12-9(2)11(14)15;1-2-3(4)5/h9H,3-8H2,1-2H3,(H,12,13)(H,14,15);2H2,1H3,(H,4,5). The molecule has 20 heavy (non-hydrogen) atoms. The van der Waals surface area contributed by atoms with Gasteiger partial charge in [0.1, 0.15) is 6.04 Å². The first-order chi connectivity index (χ1) is 9.34. The number of carboxylic acid groups (broad SMARTS) is 2. The molecule has 0 saturated heterocycles. The fraction of sp³-hybridized carbons (Fsp3) is 0.786. The lowest BCUT2D eigenvalue weighted by Crippen LogP contribution is -2.38. The molecule has 0 aromatic heterocycles. The van der Waals surface area contributed by atoms with Crippen molar-refractivity contribution >= 4 is 17.8 Å². The maximum absolute atomic E-state index is 11.2. The van der Waals surface area contributed by atoms with Crippen LogP contribution in [0.1, 0.15) is 65.7 Å². The van der Waals surface area contributed by atoms with Gasteiger partial charge in [0.15, 0.2) is 0 Å². The molecule has 1 atom stereocenters. The molecule has 3 N–H and O–H groups in total. The summed E-state index contributed by atoms with van der Waals surface area (Å²) < 4.78 is 0. The number of carboxylic acids is 2. The Labute approximate surface area is 120 Å². The zero-order valence-corrected chi connectivity index (χ0v) is 12.6. The number of aliphatic carboxylic acids is 2. The molecule has 0 heterocycles. The molecule has 6 heteroatoms. The normalized spacial score (nSPS) is 10.9. The predicted octanol–water partition coefficient (Wildman–Crippen LogP) is 2.42. The number of carbonyl (C=O) groups is 3. The molecule has 0 rings (SSSR count). The fourth-order valence-corrected chi connectivity index (χ4v) is 1.26. The van der Waals surface area contributed by atoms with Crippen molar-refractivity contribution in [3.8, 4) is 0 Å². The molecule has 0 spiro atoms. The van der Waals surface area contributed by atoms with Gasteiger partial charge in [-0.15, -0.1) is 0 Å². The molecular formula is C14H27NO5. The van der Waals surface area contributed by atoms with Gasteiger partial charge in [-0.05, 0) is 13.3 Å². The van der Waals surface area contributed by atoms with E-state index in [0.29, 0.717) is 6.42 Å². The van der Waals surface area contributed by atoms with E-state index in [2.05, 4.69) is 12.2 Å². The lowest BCUT2D eigenvalue weighted by Gasteiger charge is -2.08. The third-order valence-corrected chi connectivity index (χ3v) is 2.56. The number of amides is 1. The van der Waals surface area contributed by atoms with Crippen molar-refractivity contribution in [2.45, 2.75) is 71.8 Å². The first kappa shape index (κ1) is 20.7. The molecule has 0 saturated carbocycles. The average Bonchev–Trinajstić information content (AvgIpc) is 2.38. The maximum Gasteiger partial charge on any atom is 0.325 e. The van der Waals surface area contributed by atoms with Crippen LogP contribution in [0.5, 0.6) is 0 Å². The van der Waals surface area contributed by atoms with Crippen LogP contribution in [0.25, 0.3) is 0 Å². The van der Waals surface area contributed by atoms with E-state index in [4.69, 9.17) is 10.2 Å². The predicted molar refractivity (Wildman–Crippen MR) is 76.5 cm³/mol. The minimum Gasteiger partial charge on any atom is -0.481 e. The Morgan fingerprint density at radius 2 is 1.50 bits per heavy atom. The Bertz CT molecular complexity index is 291. The minimum absolute atomic E-state index is 0.165. The van der Waals surface area contributed by atoms with E-state index in [1.807, 2.05) is 0 Å². The van der Waals surface area contributed by atoms with Gasteiger partial charge in [0.25, 0.3) is 0 Å². The van der Waals surface area contributed by atoms with Crippen molar-refractivity contribution in [1.82, 2.24) is 5.32 Å². The average molecular weight is 289 g/mol. The highest BCUT2D eigenvalue weighted by atomic mass is 16.4. The van der Waals surface area contributed by atoms with Crippen LogP contribution in [-0.4, -0.2) is 34.1 Å². The highest BCUT2D eigenvalue weighted by Crippen LogP contribution is 2.04. The Morgan fingerprint density at radius 1 is 1.00 bits per heavy atom. The molecule has 118 valence electrons. The Morgan fingerprint density at radius 3 is 1.90 bits per heavy atom. The van der Waals surface area contributed by atoms with Gasteiger partial charge in [0.05, 0.1) is 0 Å². The Balaban J connectivity index is 0. The molecule has 0 radical (unpaired) electrons. The second-order valence-electron chi connectivity index (χ2n) is 4.54. The molecule has 1 amide bonds. The molecule has 0 fully saturated rings. The zero-order chi connectivity index (χ0) is 16.0. The van der Waals surface area contributed by atoms with E-state index in [1.54, 1.807) is 6.92 Å². The summed E-state index contributed by atoms with van der Waals surface area (Å²) in [4.78, 5) is 31.0. The van der Waals surface area contributed by atoms with Crippen molar-refractivity contribution in [3.63, 3.8) is 0 Å². The van der Waals surface area contributed by atoms with E-state index < -0.39 is 18.0 Å². The molecule has 0 aliphatic heterocycles. The first-order valence-corrected chi connectivity index (χ1v) is 7.09. The van der Waals surface area contributed by atoms with Crippen LogP contribution >= 0.6 is 0 Å². The van der Waals surface area contributed by atoms with Gasteiger partial charge in [0, 0.05) is 12.8 Å². The monoisotopic (exact) mass is 289 g/mol. The van der Waals surface area contributed by atoms with Crippen LogP contribution < -0.4 is 5.32 Å². The highest BCUT2D eigenvalue weighted by Gasteiger charge is 2.12. The van der Waals surface area contributed by atoms with E-state index in [1.165, 1.54) is 19.8 Å². The number of hydrogen-bond acceptors (Lipinski definition) is 3. The van der Waals surface area contributed by atoms with Crippen molar-refractivity contribution < 1.29 is 24.6 Å². The van der Waals surface area contributed by atoms with Crippen LogP contribution in [-0.2, 0) is 14.4 Å². The topological polar surface area (TPSA) is 104 Å². The summed E-state index contributed by atoms with van der Waals surface area (Å²) in [6.45, 7) is 5.21. The van der Waals surface area contributed by atoms with E-state index in [9.17, 15) is 14.4 Å².